The van der Waals surface area contributed by atoms with E-state index in [2.05, 4.69) is 5.32 Å². The molecule has 2 rings (SSSR count). The molecule has 0 spiro atoms. The van der Waals surface area contributed by atoms with Gasteiger partial charge < -0.3 is 5.32 Å². The van der Waals surface area contributed by atoms with E-state index in [9.17, 15) is 4.79 Å². The molecule has 2 aromatic carbocycles. The summed E-state index contributed by atoms with van der Waals surface area (Å²) >= 11 is 5.87. The molecule has 100 valence electrons. The maximum atomic E-state index is 12.0. The largest absolute Gasteiger partial charge is 0.325 e. The summed E-state index contributed by atoms with van der Waals surface area (Å²) in [4.78, 5) is 12.0. The number of anilines is 1. The second-order valence-electron chi connectivity index (χ2n) is 4.51. The smallest absolute Gasteiger partial charge is 0.228 e. The van der Waals surface area contributed by atoms with Gasteiger partial charge in [-0.25, -0.2) is 0 Å². The minimum atomic E-state index is -0.174. The van der Waals surface area contributed by atoms with Gasteiger partial charge in [-0.1, -0.05) is 41.4 Å². The van der Waals surface area contributed by atoms with Gasteiger partial charge in [0.2, 0.25) is 5.91 Å². The minimum Gasteiger partial charge on any atom is -0.325 e. The molecule has 0 bridgehead atoms. The van der Waals surface area contributed by atoms with Gasteiger partial charge >= 0.3 is 0 Å². The summed E-state index contributed by atoms with van der Waals surface area (Å²) < 4.78 is 0. The molecule has 2 aromatic rings. The molecular formula is C16H13ClN2O. The Morgan fingerprint density at radius 2 is 1.95 bits per heavy atom. The molecule has 0 aliphatic rings. The quantitative estimate of drug-likeness (QED) is 0.934. The Morgan fingerprint density at radius 3 is 2.60 bits per heavy atom. The van der Waals surface area contributed by atoms with Crippen LogP contribution in [-0.2, 0) is 11.2 Å². The fourth-order valence-corrected chi connectivity index (χ4v) is 1.98. The van der Waals surface area contributed by atoms with Crippen LogP contribution in [0.3, 0.4) is 0 Å². The number of carbonyl (C=O) groups excluding carboxylic acids is 1. The number of hydrogen-bond donors (Lipinski definition) is 1. The maximum Gasteiger partial charge on any atom is 0.228 e. The van der Waals surface area contributed by atoms with Crippen LogP contribution in [0.2, 0.25) is 5.02 Å². The van der Waals surface area contributed by atoms with Crippen LogP contribution < -0.4 is 5.32 Å². The average Bonchev–Trinajstić information content (AvgIpc) is 2.41. The number of nitrogens with one attached hydrogen (secondary N) is 1. The van der Waals surface area contributed by atoms with Gasteiger partial charge in [0.15, 0.2) is 0 Å². The highest BCUT2D eigenvalue weighted by Crippen LogP contribution is 2.20. The number of carbonyl (C=O) groups is 1. The molecule has 0 fully saturated rings. The van der Waals surface area contributed by atoms with Crippen molar-refractivity contribution in [1.82, 2.24) is 0 Å². The van der Waals surface area contributed by atoms with Gasteiger partial charge in [-0.15, -0.1) is 0 Å². The lowest BCUT2D eigenvalue weighted by Crippen LogP contribution is -2.15. The summed E-state index contributed by atoms with van der Waals surface area (Å²) in [6.07, 6.45) is 0.262. The highest BCUT2D eigenvalue weighted by Gasteiger charge is 2.08. The van der Waals surface area contributed by atoms with Crippen molar-refractivity contribution in [2.24, 2.45) is 0 Å². The normalized spacial score (nSPS) is 9.85. The average molecular weight is 285 g/mol. The fraction of sp³-hybridized carbons (Fsp3) is 0.125. The van der Waals surface area contributed by atoms with Crippen LogP contribution in [0.1, 0.15) is 16.7 Å². The van der Waals surface area contributed by atoms with Crippen molar-refractivity contribution in [3.05, 3.63) is 64.2 Å². The third-order valence-corrected chi connectivity index (χ3v) is 3.10. The Kier molecular flexibility index (Phi) is 4.39. The van der Waals surface area contributed by atoms with Gasteiger partial charge in [0, 0.05) is 5.02 Å². The first-order chi connectivity index (χ1) is 9.58. The lowest BCUT2D eigenvalue weighted by molar-refractivity contribution is -0.115. The monoisotopic (exact) mass is 284 g/mol. The second kappa shape index (κ2) is 6.23. The van der Waals surface area contributed by atoms with E-state index in [1.165, 1.54) is 0 Å². The van der Waals surface area contributed by atoms with E-state index in [0.717, 1.165) is 11.1 Å². The fourth-order valence-electron chi connectivity index (χ4n) is 1.80. The molecule has 0 aliphatic heterocycles. The molecule has 0 heterocycles. The minimum absolute atomic E-state index is 0.174. The van der Waals surface area contributed by atoms with Gasteiger partial charge in [-0.3, -0.25) is 4.79 Å². The van der Waals surface area contributed by atoms with Crippen LogP contribution in [-0.4, -0.2) is 5.91 Å². The van der Waals surface area contributed by atoms with Crippen LogP contribution in [0.25, 0.3) is 0 Å². The highest BCUT2D eigenvalue weighted by molar-refractivity contribution is 6.31. The van der Waals surface area contributed by atoms with E-state index in [1.54, 1.807) is 18.2 Å². The van der Waals surface area contributed by atoms with Gasteiger partial charge in [-0.05, 0) is 30.7 Å². The number of nitriles is 1. The van der Waals surface area contributed by atoms with Crippen LogP contribution in [0.4, 0.5) is 5.69 Å². The third-order valence-electron chi connectivity index (χ3n) is 2.86. The van der Waals surface area contributed by atoms with Gasteiger partial charge in [-0.2, -0.15) is 5.26 Å². The molecule has 1 amide bonds. The van der Waals surface area contributed by atoms with E-state index < -0.39 is 0 Å². The Labute approximate surface area is 122 Å². The highest BCUT2D eigenvalue weighted by atomic mass is 35.5. The molecule has 0 aliphatic carbocycles. The SMILES string of the molecule is Cc1ccc(CC(=O)Nc2cc(Cl)ccc2C#N)cc1. The van der Waals surface area contributed by atoms with E-state index >= 15 is 0 Å². The Bertz CT molecular complexity index is 672. The first-order valence-corrected chi connectivity index (χ1v) is 6.51. The summed E-state index contributed by atoms with van der Waals surface area (Å²) in [5.41, 5.74) is 2.91. The molecule has 1 N–H and O–H groups in total. The topological polar surface area (TPSA) is 52.9 Å². The lowest BCUT2D eigenvalue weighted by atomic mass is 10.1. The zero-order valence-corrected chi connectivity index (χ0v) is 11.7. The number of halogens is 1. The van der Waals surface area contributed by atoms with E-state index in [-0.39, 0.29) is 12.3 Å². The van der Waals surface area contributed by atoms with Crippen molar-refractivity contribution < 1.29 is 4.79 Å². The summed E-state index contributed by atoms with van der Waals surface area (Å²) in [5.74, 6) is -0.174. The zero-order chi connectivity index (χ0) is 14.5. The van der Waals surface area contributed by atoms with Gasteiger partial charge in [0.25, 0.3) is 0 Å². The molecular weight excluding hydrogens is 272 g/mol. The molecule has 4 heteroatoms. The maximum absolute atomic E-state index is 12.0. The van der Waals surface area contributed by atoms with Crippen molar-refractivity contribution in [3.8, 4) is 6.07 Å². The van der Waals surface area contributed by atoms with Gasteiger partial charge in [0.05, 0.1) is 17.7 Å². The van der Waals surface area contributed by atoms with E-state index in [4.69, 9.17) is 16.9 Å². The molecule has 20 heavy (non-hydrogen) atoms. The molecule has 0 aromatic heterocycles. The zero-order valence-electron chi connectivity index (χ0n) is 11.0. The molecule has 0 saturated heterocycles. The molecule has 0 atom stereocenters. The lowest BCUT2D eigenvalue weighted by Gasteiger charge is -2.07. The van der Waals surface area contributed by atoms with Crippen LogP contribution in [0, 0.1) is 18.3 Å². The number of amides is 1. The summed E-state index contributed by atoms with van der Waals surface area (Å²) in [5, 5.41) is 12.2. The second-order valence-corrected chi connectivity index (χ2v) is 4.95. The molecule has 0 saturated carbocycles. The predicted octanol–water partition coefficient (Wildman–Crippen LogP) is 3.70. The molecule has 0 radical (unpaired) electrons. The standard InChI is InChI=1S/C16H13ClN2O/c1-11-2-4-12(5-3-11)8-16(20)19-15-9-14(17)7-6-13(15)10-18/h2-7,9H,8H2,1H3,(H,19,20). The van der Waals surface area contributed by atoms with Gasteiger partial charge in [0.1, 0.15) is 6.07 Å². The van der Waals surface area contributed by atoms with Crippen LogP contribution in [0.15, 0.2) is 42.5 Å². The first kappa shape index (κ1) is 14.1. The van der Waals surface area contributed by atoms with Crippen molar-refractivity contribution in [3.63, 3.8) is 0 Å². The first-order valence-electron chi connectivity index (χ1n) is 6.13. The Morgan fingerprint density at radius 1 is 1.25 bits per heavy atom. The number of hydrogen-bond acceptors (Lipinski definition) is 2. The van der Waals surface area contributed by atoms with Crippen molar-refractivity contribution >= 4 is 23.2 Å². The summed E-state index contributed by atoms with van der Waals surface area (Å²) in [6, 6.07) is 14.6. The van der Waals surface area contributed by atoms with E-state index in [0.29, 0.717) is 16.3 Å². The number of rotatable bonds is 3. The Hall–Kier alpha value is -2.31. The number of nitrogens with zero attached hydrogens (tertiary/aromatic N) is 1. The predicted molar refractivity (Wildman–Crippen MR) is 79.7 cm³/mol. The molecule has 0 unspecified atom stereocenters. The summed E-state index contributed by atoms with van der Waals surface area (Å²) in [6.45, 7) is 2.00. The van der Waals surface area contributed by atoms with Crippen molar-refractivity contribution in [1.29, 1.82) is 5.26 Å². The Balaban J connectivity index is 2.10. The van der Waals surface area contributed by atoms with Crippen molar-refractivity contribution in [2.45, 2.75) is 13.3 Å². The van der Waals surface area contributed by atoms with Crippen molar-refractivity contribution in [2.75, 3.05) is 5.32 Å². The number of benzene rings is 2. The number of aryl methyl sites for hydroxylation is 1. The van der Waals surface area contributed by atoms with E-state index in [1.807, 2.05) is 37.3 Å². The van der Waals surface area contributed by atoms with Crippen LogP contribution in [0.5, 0.6) is 0 Å². The van der Waals surface area contributed by atoms with Crippen LogP contribution >= 0.6 is 11.6 Å². The third kappa shape index (κ3) is 3.59. The molecule has 3 nitrogen and oxygen atoms in total. The summed E-state index contributed by atoms with van der Waals surface area (Å²) in [7, 11) is 0.